The molecule has 2 amide bonds. The Morgan fingerprint density at radius 2 is 2.33 bits per heavy atom. The van der Waals surface area contributed by atoms with Gasteiger partial charge >= 0.3 is 6.03 Å². The van der Waals surface area contributed by atoms with E-state index in [-0.39, 0.29) is 6.03 Å². The summed E-state index contributed by atoms with van der Waals surface area (Å²) in [6.07, 6.45) is 0. The molecule has 9 heavy (non-hydrogen) atoms. The first-order chi connectivity index (χ1) is 4.26. The molecule has 0 aromatic rings. The Bertz CT molecular complexity index is 89.1. The van der Waals surface area contributed by atoms with Gasteiger partial charge in [0, 0.05) is 20.1 Å². The van der Waals surface area contributed by atoms with Crippen molar-refractivity contribution in [3.8, 4) is 0 Å². The first kappa shape index (κ1) is 8.27. The molecule has 0 aromatic carbocycles. The number of carbonyl (C=O) groups is 1. The third-order valence-corrected chi connectivity index (χ3v) is 1.15. The zero-order valence-corrected chi connectivity index (χ0v) is 5.98. The summed E-state index contributed by atoms with van der Waals surface area (Å²) in [6.45, 7) is 6.74. The molecule has 0 unspecified atom stereocenters. The van der Waals surface area contributed by atoms with Crippen molar-refractivity contribution in [1.82, 2.24) is 10.2 Å². The average Bonchev–Trinajstić information content (AvgIpc) is 1.90. The number of urea groups is 1. The minimum Gasteiger partial charge on any atom is -0.341 e. The molecule has 0 aromatic heterocycles. The summed E-state index contributed by atoms with van der Waals surface area (Å²) in [7, 11) is 1.61. The lowest BCUT2D eigenvalue weighted by atomic mass is 10.5. The Labute approximate surface area is 56.0 Å². The van der Waals surface area contributed by atoms with E-state index in [0.717, 1.165) is 0 Å². The van der Waals surface area contributed by atoms with Gasteiger partial charge in [0.25, 0.3) is 0 Å². The van der Waals surface area contributed by atoms with Gasteiger partial charge in [-0.25, -0.2) is 4.79 Å². The third kappa shape index (κ3) is 2.35. The number of hydrogen-bond acceptors (Lipinski definition) is 1. The molecule has 0 bridgehead atoms. The van der Waals surface area contributed by atoms with Crippen molar-refractivity contribution >= 4 is 6.03 Å². The second-order valence-electron chi connectivity index (χ2n) is 1.63. The fraction of sp³-hybridized carbons (Fsp3) is 0.667. The molecule has 0 heterocycles. The molecule has 0 rings (SSSR count). The van der Waals surface area contributed by atoms with Gasteiger partial charge in [0.1, 0.15) is 0 Å². The highest BCUT2D eigenvalue weighted by Gasteiger charge is 2.03. The first-order valence-electron chi connectivity index (χ1n) is 3.02. The van der Waals surface area contributed by atoms with E-state index in [1.54, 1.807) is 11.9 Å². The first-order valence-corrected chi connectivity index (χ1v) is 3.02. The van der Waals surface area contributed by atoms with E-state index in [1.165, 1.54) is 0 Å². The van der Waals surface area contributed by atoms with Gasteiger partial charge in [0.2, 0.25) is 0 Å². The second-order valence-corrected chi connectivity index (χ2v) is 1.63. The smallest absolute Gasteiger partial charge is 0.317 e. The van der Waals surface area contributed by atoms with Crippen molar-refractivity contribution in [1.29, 1.82) is 0 Å². The number of hydrogen-bond donors (Lipinski definition) is 1. The second kappa shape index (κ2) is 4.18. The van der Waals surface area contributed by atoms with E-state index in [9.17, 15) is 4.79 Å². The molecular weight excluding hydrogens is 116 g/mol. The van der Waals surface area contributed by atoms with Gasteiger partial charge < -0.3 is 10.2 Å². The Balaban J connectivity index is 3.64. The van der Waals surface area contributed by atoms with Gasteiger partial charge in [0.05, 0.1) is 0 Å². The van der Waals surface area contributed by atoms with Crippen LogP contribution in [0.15, 0.2) is 0 Å². The van der Waals surface area contributed by atoms with Crippen LogP contribution in [0.3, 0.4) is 0 Å². The molecule has 0 saturated carbocycles. The van der Waals surface area contributed by atoms with Crippen LogP contribution >= 0.6 is 0 Å². The topological polar surface area (TPSA) is 32.3 Å². The van der Waals surface area contributed by atoms with Crippen LogP contribution in [0.4, 0.5) is 4.79 Å². The van der Waals surface area contributed by atoms with Crippen LogP contribution in [0, 0.1) is 6.92 Å². The molecule has 0 spiro atoms. The van der Waals surface area contributed by atoms with Gasteiger partial charge in [-0.2, -0.15) is 0 Å². The molecule has 3 heteroatoms. The molecule has 0 aliphatic carbocycles. The summed E-state index contributed by atoms with van der Waals surface area (Å²) < 4.78 is 0. The molecule has 0 aliphatic rings. The molecule has 0 saturated heterocycles. The molecular formula is C6H13N2O. The Morgan fingerprint density at radius 1 is 1.78 bits per heavy atom. The monoisotopic (exact) mass is 129 g/mol. The lowest BCUT2D eigenvalue weighted by Gasteiger charge is -2.16. The van der Waals surface area contributed by atoms with E-state index >= 15 is 0 Å². The predicted molar refractivity (Wildman–Crippen MR) is 37.1 cm³/mol. The Morgan fingerprint density at radius 3 is 2.44 bits per heavy atom. The van der Waals surface area contributed by atoms with E-state index in [4.69, 9.17) is 0 Å². The van der Waals surface area contributed by atoms with Crippen LogP contribution in [-0.2, 0) is 0 Å². The lowest BCUT2D eigenvalue weighted by Crippen LogP contribution is -2.37. The molecule has 0 fully saturated rings. The van der Waals surface area contributed by atoms with Crippen molar-refractivity contribution in [3.05, 3.63) is 6.92 Å². The molecule has 1 N–H and O–H groups in total. The maximum atomic E-state index is 10.7. The van der Waals surface area contributed by atoms with E-state index in [0.29, 0.717) is 13.1 Å². The summed E-state index contributed by atoms with van der Waals surface area (Å²) in [6, 6.07) is -0.0625. The zero-order chi connectivity index (χ0) is 7.28. The molecule has 1 radical (unpaired) electrons. The minimum atomic E-state index is -0.0625. The van der Waals surface area contributed by atoms with Gasteiger partial charge in [-0.15, -0.1) is 0 Å². The number of amides is 2. The fourth-order valence-electron chi connectivity index (χ4n) is 0.561. The quantitative estimate of drug-likeness (QED) is 0.578. The lowest BCUT2D eigenvalue weighted by molar-refractivity contribution is 0.208. The van der Waals surface area contributed by atoms with Crippen molar-refractivity contribution in [2.75, 3.05) is 20.1 Å². The number of nitrogens with zero attached hydrogens (tertiary/aromatic N) is 1. The van der Waals surface area contributed by atoms with Crippen LogP contribution in [-0.4, -0.2) is 31.1 Å². The van der Waals surface area contributed by atoms with Crippen LogP contribution in [0.5, 0.6) is 0 Å². The number of nitrogens with one attached hydrogen (secondary N) is 1. The highest BCUT2D eigenvalue weighted by molar-refractivity contribution is 5.73. The summed E-state index contributed by atoms with van der Waals surface area (Å²) in [5.41, 5.74) is 0. The average molecular weight is 129 g/mol. The maximum Gasteiger partial charge on any atom is 0.317 e. The number of rotatable bonds is 2. The minimum absolute atomic E-state index is 0.0625. The highest BCUT2D eigenvalue weighted by atomic mass is 16.2. The SMILES string of the molecule is [CH2]CN(CC)C(=O)NC. The normalized spacial score (nSPS) is 8.78. The van der Waals surface area contributed by atoms with E-state index in [2.05, 4.69) is 12.2 Å². The zero-order valence-electron chi connectivity index (χ0n) is 5.98. The summed E-state index contributed by atoms with van der Waals surface area (Å²) in [5.74, 6) is 0. The third-order valence-electron chi connectivity index (χ3n) is 1.15. The number of carbonyl (C=O) groups excluding carboxylic acids is 1. The van der Waals surface area contributed by atoms with Crippen LogP contribution in [0.25, 0.3) is 0 Å². The van der Waals surface area contributed by atoms with Crippen molar-refractivity contribution in [2.24, 2.45) is 0 Å². The van der Waals surface area contributed by atoms with Crippen LogP contribution < -0.4 is 5.32 Å². The van der Waals surface area contributed by atoms with E-state index in [1.807, 2.05) is 6.92 Å². The summed E-state index contributed by atoms with van der Waals surface area (Å²) in [5, 5.41) is 2.51. The van der Waals surface area contributed by atoms with Gasteiger partial charge in [-0.05, 0) is 13.8 Å². The molecule has 53 valence electrons. The molecule has 3 nitrogen and oxygen atoms in total. The summed E-state index contributed by atoms with van der Waals surface area (Å²) >= 11 is 0. The Kier molecular flexibility index (Phi) is 3.84. The highest BCUT2D eigenvalue weighted by Crippen LogP contribution is 1.84. The van der Waals surface area contributed by atoms with Crippen molar-refractivity contribution < 1.29 is 4.79 Å². The van der Waals surface area contributed by atoms with Gasteiger partial charge in [0.15, 0.2) is 0 Å². The standard InChI is InChI=1S/C6H13N2O/c1-4-8(5-2)6(9)7-3/h1,4-5H2,2-3H3,(H,7,9). The van der Waals surface area contributed by atoms with E-state index < -0.39 is 0 Å². The Hall–Kier alpha value is -0.730. The molecule has 0 aliphatic heterocycles. The summed E-state index contributed by atoms with van der Waals surface area (Å²) in [4.78, 5) is 12.4. The van der Waals surface area contributed by atoms with Gasteiger partial charge in [-0.3, -0.25) is 0 Å². The van der Waals surface area contributed by atoms with Gasteiger partial charge in [-0.1, -0.05) is 0 Å². The maximum absolute atomic E-state index is 10.7. The largest absolute Gasteiger partial charge is 0.341 e. The molecule has 0 atom stereocenters. The van der Waals surface area contributed by atoms with Crippen LogP contribution in [0.1, 0.15) is 6.92 Å². The van der Waals surface area contributed by atoms with Crippen LogP contribution in [0.2, 0.25) is 0 Å². The fourth-order valence-corrected chi connectivity index (χ4v) is 0.561. The van der Waals surface area contributed by atoms with Crippen molar-refractivity contribution in [2.45, 2.75) is 6.92 Å². The predicted octanol–water partition coefficient (Wildman–Crippen LogP) is 0.482. The van der Waals surface area contributed by atoms with Crippen molar-refractivity contribution in [3.63, 3.8) is 0 Å².